The smallest absolute Gasteiger partial charge is 0.398 e. The molecule has 0 radical (unpaired) electrons. The zero-order chi connectivity index (χ0) is 15.3. The molecule has 0 aromatic carbocycles. The fourth-order valence-corrected chi connectivity index (χ4v) is 3.72. The van der Waals surface area contributed by atoms with Crippen LogP contribution in [0.4, 0.5) is 4.39 Å². The minimum atomic E-state index is -0.799. The minimum Gasteiger partial charge on any atom is -0.398 e. The molecule has 4 heteroatoms. The second-order valence-electron chi connectivity index (χ2n) is 8.08. The van der Waals surface area contributed by atoms with Gasteiger partial charge in [-0.05, 0) is 70.8 Å². The van der Waals surface area contributed by atoms with Crippen LogP contribution in [0.25, 0.3) is 0 Å². The molecule has 0 spiro atoms. The Kier molecular flexibility index (Phi) is 3.98. The summed E-state index contributed by atoms with van der Waals surface area (Å²) in [7, 11) is -0.799. The lowest BCUT2D eigenvalue weighted by atomic mass is 9.75. The van der Waals surface area contributed by atoms with Gasteiger partial charge in [0.2, 0.25) is 0 Å². The van der Waals surface area contributed by atoms with E-state index in [4.69, 9.17) is 9.31 Å². The Morgan fingerprint density at radius 3 is 2.24 bits per heavy atom. The molecule has 1 aliphatic heterocycles. The van der Waals surface area contributed by atoms with Gasteiger partial charge in [0.15, 0.2) is 0 Å². The summed E-state index contributed by atoms with van der Waals surface area (Å²) < 4.78 is 26.7. The Labute approximate surface area is 128 Å². The summed E-state index contributed by atoms with van der Waals surface area (Å²) in [6, 6.07) is 0. The molecule has 1 atom stereocenters. The molecule has 3 aliphatic rings. The molecule has 2 nitrogen and oxygen atoms in total. The first-order valence-corrected chi connectivity index (χ1v) is 8.54. The molecule has 1 heterocycles. The summed E-state index contributed by atoms with van der Waals surface area (Å²) in [4.78, 5) is 0. The molecule has 2 saturated carbocycles. The van der Waals surface area contributed by atoms with E-state index in [9.17, 15) is 4.39 Å². The fraction of sp³-hybridized carbons (Fsp3) is 0.882. The van der Waals surface area contributed by atoms with Crippen molar-refractivity contribution in [1.29, 1.82) is 0 Å². The summed E-state index contributed by atoms with van der Waals surface area (Å²) in [6.07, 6.45) is 8.33. The van der Waals surface area contributed by atoms with E-state index in [2.05, 4.69) is 0 Å². The second-order valence-corrected chi connectivity index (χ2v) is 8.08. The van der Waals surface area contributed by atoms with Crippen molar-refractivity contribution in [3.05, 3.63) is 11.3 Å². The zero-order valence-corrected chi connectivity index (χ0v) is 13.9. The predicted molar refractivity (Wildman–Crippen MR) is 83.5 cm³/mol. The van der Waals surface area contributed by atoms with E-state index in [0.717, 1.165) is 30.8 Å². The van der Waals surface area contributed by atoms with Crippen molar-refractivity contribution in [2.45, 2.75) is 83.8 Å². The van der Waals surface area contributed by atoms with Gasteiger partial charge in [-0.2, -0.15) is 0 Å². The third-order valence-corrected chi connectivity index (χ3v) is 6.10. The predicted octanol–water partition coefficient (Wildman–Crippen LogP) is 4.83. The van der Waals surface area contributed by atoms with Gasteiger partial charge in [0.1, 0.15) is 5.73 Å². The molecule has 3 rings (SSSR count). The average Bonchev–Trinajstić information content (AvgIpc) is 2.86. The third kappa shape index (κ3) is 2.81. The SMILES string of the molecule is CC1(C)OB(C(F)=C2CCCC2CC2CCC2)OC1(C)C. The summed E-state index contributed by atoms with van der Waals surface area (Å²) in [5.41, 5.74) is -0.0641. The molecular weight excluding hydrogens is 266 g/mol. The van der Waals surface area contributed by atoms with Crippen LogP contribution in [0.5, 0.6) is 0 Å². The molecule has 1 unspecified atom stereocenters. The summed E-state index contributed by atoms with van der Waals surface area (Å²) in [5.74, 6) is 1.25. The van der Waals surface area contributed by atoms with Gasteiger partial charge in [0.05, 0.1) is 11.2 Å². The van der Waals surface area contributed by atoms with Crippen molar-refractivity contribution in [3.8, 4) is 0 Å². The molecular formula is C17H28BFO2. The molecule has 21 heavy (non-hydrogen) atoms. The normalized spacial score (nSPS) is 34.1. The van der Waals surface area contributed by atoms with Crippen LogP contribution in [0.15, 0.2) is 11.3 Å². The summed E-state index contributed by atoms with van der Waals surface area (Å²) in [5, 5.41) is 0. The highest BCUT2D eigenvalue weighted by Crippen LogP contribution is 2.45. The molecule has 0 aromatic heterocycles. The Hall–Kier alpha value is -0.345. The molecule has 0 bridgehead atoms. The van der Waals surface area contributed by atoms with Crippen molar-refractivity contribution in [1.82, 2.24) is 0 Å². The van der Waals surface area contributed by atoms with E-state index in [1.165, 1.54) is 25.7 Å². The zero-order valence-electron chi connectivity index (χ0n) is 13.9. The maximum absolute atomic E-state index is 15.0. The second kappa shape index (κ2) is 5.38. The van der Waals surface area contributed by atoms with E-state index in [1.807, 2.05) is 27.7 Å². The quantitative estimate of drug-likeness (QED) is 0.694. The van der Waals surface area contributed by atoms with Gasteiger partial charge in [-0.15, -0.1) is 0 Å². The van der Waals surface area contributed by atoms with Crippen LogP contribution in [0.2, 0.25) is 0 Å². The van der Waals surface area contributed by atoms with Crippen LogP contribution in [0, 0.1) is 11.8 Å². The molecule has 0 aromatic rings. The number of allylic oxidation sites excluding steroid dienone is 1. The third-order valence-electron chi connectivity index (χ3n) is 6.10. The molecule has 0 N–H and O–H groups in total. The maximum atomic E-state index is 15.0. The molecule has 3 fully saturated rings. The lowest BCUT2D eigenvalue weighted by Gasteiger charge is -2.32. The van der Waals surface area contributed by atoms with Gasteiger partial charge in [0, 0.05) is 0 Å². The van der Waals surface area contributed by atoms with E-state index in [-0.39, 0.29) is 5.73 Å². The van der Waals surface area contributed by atoms with Gasteiger partial charge in [-0.3, -0.25) is 0 Å². The van der Waals surface area contributed by atoms with E-state index in [1.54, 1.807) is 0 Å². The highest BCUT2D eigenvalue weighted by Gasteiger charge is 2.54. The largest absolute Gasteiger partial charge is 0.525 e. The number of halogens is 1. The first kappa shape index (κ1) is 15.5. The minimum absolute atomic E-state index is 0.129. The van der Waals surface area contributed by atoms with Crippen molar-refractivity contribution in [3.63, 3.8) is 0 Å². The van der Waals surface area contributed by atoms with Gasteiger partial charge < -0.3 is 9.31 Å². The molecule has 1 saturated heterocycles. The maximum Gasteiger partial charge on any atom is 0.525 e. The highest BCUT2D eigenvalue weighted by molar-refractivity contribution is 6.53. The van der Waals surface area contributed by atoms with Gasteiger partial charge in [0.25, 0.3) is 0 Å². The summed E-state index contributed by atoms with van der Waals surface area (Å²) >= 11 is 0. The lowest BCUT2D eigenvalue weighted by molar-refractivity contribution is 0.00578. The van der Waals surface area contributed by atoms with Gasteiger partial charge >= 0.3 is 7.12 Å². The fourth-order valence-electron chi connectivity index (χ4n) is 3.72. The number of rotatable bonds is 3. The topological polar surface area (TPSA) is 18.5 Å². The highest BCUT2D eigenvalue weighted by atomic mass is 19.1. The summed E-state index contributed by atoms with van der Waals surface area (Å²) in [6.45, 7) is 7.91. The first-order valence-electron chi connectivity index (χ1n) is 8.54. The molecule has 0 amide bonds. The van der Waals surface area contributed by atoms with Gasteiger partial charge in [-0.1, -0.05) is 19.3 Å². The molecule has 118 valence electrons. The van der Waals surface area contributed by atoms with Crippen LogP contribution in [0.3, 0.4) is 0 Å². The van der Waals surface area contributed by atoms with E-state index >= 15 is 0 Å². The van der Waals surface area contributed by atoms with Crippen LogP contribution in [-0.2, 0) is 9.31 Å². The van der Waals surface area contributed by atoms with Crippen LogP contribution < -0.4 is 0 Å². The Morgan fingerprint density at radius 1 is 1.10 bits per heavy atom. The van der Waals surface area contributed by atoms with Crippen LogP contribution >= 0.6 is 0 Å². The average molecular weight is 294 g/mol. The number of hydrogen-bond acceptors (Lipinski definition) is 2. The number of hydrogen-bond donors (Lipinski definition) is 0. The van der Waals surface area contributed by atoms with E-state index in [0.29, 0.717) is 5.92 Å². The van der Waals surface area contributed by atoms with Crippen LogP contribution in [-0.4, -0.2) is 18.3 Å². The lowest BCUT2D eigenvalue weighted by Crippen LogP contribution is -2.41. The Bertz CT molecular complexity index is 424. The Balaban J connectivity index is 1.74. The van der Waals surface area contributed by atoms with E-state index < -0.39 is 18.3 Å². The van der Waals surface area contributed by atoms with Crippen molar-refractivity contribution < 1.29 is 13.7 Å². The van der Waals surface area contributed by atoms with Crippen LogP contribution in [0.1, 0.15) is 72.6 Å². The first-order chi connectivity index (χ1) is 9.80. The van der Waals surface area contributed by atoms with Crippen molar-refractivity contribution >= 4 is 7.12 Å². The van der Waals surface area contributed by atoms with Gasteiger partial charge in [-0.25, -0.2) is 4.39 Å². The molecule has 2 aliphatic carbocycles. The standard InChI is InChI=1S/C17H28BFO2/c1-16(2)17(3,4)21-18(20-16)15(19)14-10-6-9-13(14)11-12-7-5-8-12/h12-13H,5-11H2,1-4H3. The Morgan fingerprint density at radius 2 is 1.71 bits per heavy atom. The van der Waals surface area contributed by atoms with Crippen molar-refractivity contribution in [2.24, 2.45) is 11.8 Å². The monoisotopic (exact) mass is 294 g/mol. The van der Waals surface area contributed by atoms with Crippen molar-refractivity contribution in [2.75, 3.05) is 0 Å².